The summed E-state index contributed by atoms with van der Waals surface area (Å²) in [5.41, 5.74) is 1.80. The molecule has 0 aliphatic rings. The molecular weight excluding hydrogens is 393 g/mol. The van der Waals surface area contributed by atoms with Gasteiger partial charge in [0.1, 0.15) is 0 Å². The van der Waals surface area contributed by atoms with Crippen molar-refractivity contribution in [3.8, 4) is 0 Å². The summed E-state index contributed by atoms with van der Waals surface area (Å²) in [6.45, 7) is 0. The van der Waals surface area contributed by atoms with Crippen LogP contribution in [0.15, 0.2) is 47.6 Å². The van der Waals surface area contributed by atoms with Gasteiger partial charge in [-0.15, -0.1) is 0 Å². The van der Waals surface area contributed by atoms with Crippen LogP contribution in [0.25, 0.3) is 0 Å². The molecule has 0 atom stereocenters. The molecule has 2 rings (SSSR count). The van der Waals surface area contributed by atoms with Crippen LogP contribution in [0, 0.1) is 10.1 Å². The highest BCUT2D eigenvalue weighted by molar-refractivity contribution is 7.80. The van der Waals surface area contributed by atoms with Crippen LogP contribution in [0.1, 0.15) is 11.1 Å². The molecule has 6 nitrogen and oxygen atoms in total. The molecule has 0 unspecified atom stereocenters. The first kappa shape index (κ1) is 19.6. The lowest BCUT2D eigenvalue weighted by Crippen LogP contribution is -2.24. The number of nitro benzene ring substituents is 1. The van der Waals surface area contributed by atoms with E-state index in [0.717, 1.165) is 18.2 Å². The first-order valence-electron chi connectivity index (χ1n) is 6.88. The van der Waals surface area contributed by atoms with Crippen LogP contribution < -0.4 is 10.7 Å². The molecule has 0 aromatic heterocycles. The van der Waals surface area contributed by atoms with Crippen LogP contribution in [0.4, 0.5) is 24.5 Å². The highest BCUT2D eigenvalue weighted by Crippen LogP contribution is 2.33. The molecule has 136 valence electrons. The van der Waals surface area contributed by atoms with Crippen LogP contribution in [0.2, 0.25) is 5.02 Å². The largest absolute Gasteiger partial charge is 0.416 e. The molecule has 0 aliphatic heterocycles. The number of nitrogens with zero attached hydrogens (tertiary/aromatic N) is 2. The fraction of sp³-hybridized carbons (Fsp3) is 0.0667. The van der Waals surface area contributed by atoms with E-state index in [-0.39, 0.29) is 21.5 Å². The Morgan fingerprint density at radius 2 is 2.00 bits per heavy atom. The third-order valence-electron chi connectivity index (χ3n) is 3.00. The van der Waals surface area contributed by atoms with E-state index in [0.29, 0.717) is 5.56 Å². The minimum atomic E-state index is -4.52. The Balaban J connectivity index is 2.03. The molecule has 0 heterocycles. The molecule has 0 saturated carbocycles. The van der Waals surface area contributed by atoms with Crippen molar-refractivity contribution in [1.29, 1.82) is 0 Å². The van der Waals surface area contributed by atoms with Crippen molar-refractivity contribution < 1.29 is 18.1 Å². The summed E-state index contributed by atoms with van der Waals surface area (Å²) in [6.07, 6.45) is -3.25. The summed E-state index contributed by atoms with van der Waals surface area (Å²) >= 11 is 10.8. The van der Waals surface area contributed by atoms with Gasteiger partial charge in [0.05, 0.1) is 27.4 Å². The van der Waals surface area contributed by atoms with Crippen molar-refractivity contribution in [2.45, 2.75) is 6.18 Å². The summed E-state index contributed by atoms with van der Waals surface area (Å²) in [5.74, 6) is 0. The van der Waals surface area contributed by atoms with Crippen molar-refractivity contribution in [3.63, 3.8) is 0 Å². The third-order valence-corrected chi connectivity index (χ3v) is 3.53. The molecule has 26 heavy (non-hydrogen) atoms. The van der Waals surface area contributed by atoms with E-state index in [1.165, 1.54) is 24.4 Å². The van der Waals surface area contributed by atoms with Gasteiger partial charge in [-0.2, -0.15) is 18.3 Å². The second-order valence-corrected chi connectivity index (χ2v) is 5.68. The highest BCUT2D eigenvalue weighted by Gasteiger charge is 2.31. The standard InChI is InChI=1S/C15H10ClF3N4O2S/c16-12-5-4-10(15(17,18)19)7-13(12)21-14(26)22-20-8-9-2-1-3-11(6-9)23(24)25/h1-8H,(H2,21,22,26)/b20-8+. The van der Waals surface area contributed by atoms with Crippen LogP contribution in [-0.4, -0.2) is 16.3 Å². The normalized spacial score (nSPS) is 11.4. The van der Waals surface area contributed by atoms with E-state index in [9.17, 15) is 23.3 Å². The number of alkyl halides is 3. The minimum Gasteiger partial charge on any atom is -0.330 e. The van der Waals surface area contributed by atoms with Crippen molar-refractivity contribution in [2.24, 2.45) is 5.10 Å². The van der Waals surface area contributed by atoms with Crippen molar-refractivity contribution >= 4 is 46.5 Å². The lowest BCUT2D eigenvalue weighted by Gasteiger charge is -2.12. The maximum absolute atomic E-state index is 12.7. The van der Waals surface area contributed by atoms with Crippen LogP contribution in [0.3, 0.4) is 0 Å². The minimum absolute atomic E-state index is 0.0375. The summed E-state index contributed by atoms with van der Waals surface area (Å²) in [5, 5.41) is 16.9. The number of benzene rings is 2. The molecule has 2 N–H and O–H groups in total. The first-order chi connectivity index (χ1) is 12.2. The maximum atomic E-state index is 12.7. The zero-order valence-electron chi connectivity index (χ0n) is 12.7. The fourth-order valence-corrected chi connectivity index (χ4v) is 2.16. The number of rotatable bonds is 4. The molecule has 0 spiro atoms. The van der Waals surface area contributed by atoms with Crippen LogP contribution in [0.5, 0.6) is 0 Å². The second kappa shape index (κ2) is 8.11. The number of anilines is 1. The van der Waals surface area contributed by atoms with Gasteiger partial charge >= 0.3 is 6.18 Å². The predicted octanol–water partition coefficient (Wildman–Crippen LogP) is 4.59. The Bertz CT molecular complexity index is 874. The maximum Gasteiger partial charge on any atom is 0.416 e. The Morgan fingerprint density at radius 1 is 1.27 bits per heavy atom. The summed E-state index contributed by atoms with van der Waals surface area (Å²) < 4.78 is 38.2. The topological polar surface area (TPSA) is 79.6 Å². The number of non-ortho nitro benzene ring substituents is 1. The average molecular weight is 403 g/mol. The second-order valence-electron chi connectivity index (χ2n) is 4.87. The molecule has 0 aliphatic carbocycles. The van der Waals surface area contributed by atoms with Crippen molar-refractivity contribution in [2.75, 3.05) is 5.32 Å². The number of halogens is 4. The molecule has 0 bridgehead atoms. The van der Waals surface area contributed by atoms with Gasteiger partial charge in [-0.25, -0.2) is 0 Å². The Labute approximate surface area is 155 Å². The van der Waals surface area contributed by atoms with Gasteiger partial charge in [0.2, 0.25) is 0 Å². The lowest BCUT2D eigenvalue weighted by molar-refractivity contribution is -0.384. The zero-order chi connectivity index (χ0) is 19.3. The predicted molar refractivity (Wildman–Crippen MR) is 96.5 cm³/mol. The highest BCUT2D eigenvalue weighted by atomic mass is 35.5. The first-order valence-corrected chi connectivity index (χ1v) is 7.66. The third kappa shape index (κ3) is 5.39. The quantitative estimate of drug-likeness (QED) is 0.338. The number of thiocarbonyl (C=S) groups is 1. The Kier molecular flexibility index (Phi) is 6.11. The van der Waals surface area contributed by atoms with E-state index in [1.807, 2.05) is 0 Å². The molecule has 0 saturated heterocycles. The van der Waals surface area contributed by atoms with Gasteiger partial charge in [0.15, 0.2) is 5.11 Å². The molecule has 11 heteroatoms. The van der Waals surface area contributed by atoms with Crippen molar-refractivity contribution in [1.82, 2.24) is 5.43 Å². The monoisotopic (exact) mass is 402 g/mol. The van der Waals surface area contributed by atoms with Gasteiger partial charge in [-0.3, -0.25) is 15.5 Å². The molecule has 0 radical (unpaired) electrons. The molecule has 0 fully saturated rings. The number of hydrogen-bond acceptors (Lipinski definition) is 4. The average Bonchev–Trinajstić information content (AvgIpc) is 2.56. The van der Waals surface area contributed by atoms with Crippen molar-refractivity contribution in [3.05, 3.63) is 68.7 Å². The number of hydrazone groups is 1. The smallest absolute Gasteiger partial charge is 0.330 e. The van der Waals surface area contributed by atoms with Gasteiger partial charge in [0, 0.05) is 17.7 Å². The van der Waals surface area contributed by atoms with E-state index in [2.05, 4.69) is 15.8 Å². The van der Waals surface area contributed by atoms with Gasteiger partial charge in [-0.1, -0.05) is 23.7 Å². The van der Waals surface area contributed by atoms with Crippen LogP contribution >= 0.6 is 23.8 Å². The SMILES string of the molecule is O=[N+]([O-])c1cccc(/C=N/NC(=S)Nc2cc(C(F)(F)F)ccc2Cl)c1. The van der Waals surface area contributed by atoms with E-state index in [1.54, 1.807) is 6.07 Å². The summed E-state index contributed by atoms with van der Waals surface area (Å²) in [6, 6.07) is 8.46. The lowest BCUT2D eigenvalue weighted by atomic mass is 10.2. The Hall–Kier alpha value is -2.72. The molecule has 2 aromatic rings. The number of hydrogen-bond donors (Lipinski definition) is 2. The van der Waals surface area contributed by atoms with E-state index in [4.69, 9.17) is 23.8 Å². The number of nitro groups is 1. The summed E-state index contributed by atoms with van der Waals surface area (Å²) in [4.78, 5) is 10.1. The molecule has 0 amide bonds. The van der Waals surface area contributed by atoms with Gasteiger partial charge in [-0.05, 0) is 30.4 Å². The summed E-state index contributed by atoms with van der Waals surface area (Å²) in [7, 11) is 0. The Morgan fingerprint density at radius 3 is 2.65 bits per heavy atom. The van der Waals surface area contributed by atoms with Gasteiger partial charge < -0.3 is 5.32 Å². The van der Waals surface area contributed by atoms with Gasteiger partial charge in [0.25, 0.3) is 5.69 Å². The van der Waals surface area contributed by atoms with E-state index < -0.39 is 16.7 Å². The molecule has 2 aromatic carbocycles. The number of nitrogens with one attached hydrogen (secondary N) is 2. The molecular formula is C15H10ClF3N4O2S. The van der Waals surface area contributed by atoms with Crippen LogP contribution in [-0.2, 0) is 6.18 Å². The fourth-order valence-electron chi connectivity index (χ4n) is 1.83. The van der Waals surface area contributed by atoms with E-state index >= 15 is 0 Å². The zero-order valence-corrected chi connectivity index (χ0v) is 14.3.